The number of para-hydroxylation sites is 1. The summed E-state index contributed by atoms with van der Waals surface area (Å²) in [7, 11) is 0. The van der Waals surface area contributed by atoms with E-state index in [1.165, 1.54) is 0 Å². The van der Waals surface area contributed by atoms with Gasteiger partial charge in [0.25, 0.3) is 0 Å². The van der Waals surface area contributed by atoms with E-state index in [-0.39, 0.29) is 17.6 Å². The number of carboxylic acids is 1. The van der Waals surface area contributed by atoms with Crippen LogP contribution < -0.4 is 10.2 Å². The molecule has 0 unspecified atom stereocenters. The second-order valence-electron chi connectivity index (χ2n) is 8.91. The molecule has 2 N–H and O–H groups in total. The van der Waals surface area contributed by atoms with Crippen LogP contribution in [0.2, 0.25) is 0 Å². The number of aromatic carboxylic acids is 1. The third-order valence-corrected chi connectivity index (χ3v) is 7.89. The Morgan fingerprint density at radius 2 is 1.81 bits per heavy atom. The molecule has 0 spiro atoms. The summed E-state index contributed by atoms with van der Waals surface area (Å²) in [5.74, 6) is -0.957. The van der Waals surface area contributed by atoms with Crippen molar-refractivity contribution in [2.24, 2.45) is 0 Å². The number of pyridine rings is 1. The minimum absolute atomic E-state index is 0.189. The fourth-order valence-electron chi connectivity index (χ4n) is 5.03. The van der Waals surface area contributed by atoms with Crippen LogP contribution in [0.25, 0.3) is 5.69 Å². The number of hydrogen-bond acceptors (Lipinski definition) is 3. The Morgan fingerprint density at radius 3 is 2.50 bits per heavy atom. The van der Waals surface area contributed by atoms with Gasteiger partial charge in [-0.2, -0.15) is 0 Å². The lowest BCUT2D eigenvalue weighted by Gasteiger charge is -2.28. The van der Waals surface area contributed by atoms with E-state index in [9.17, 15) is 9.90 Å². The Balaban J connectivity index is 1.71. The van der Waals surface area contributed by atoms with Crippen molar-refractivity contribution in [3.8, 4) is 5.69 Å². The summed E-state index contributed by atoms with van der Waals surface area (Å²) in [6.45, 7) is 6.09. The summed E-state index contributed by atoms with van der Waals surface area (Å²) in [6.07, 6.45) is 1.79. The van der Waals surface area contributed by atoms with Gasteiger partial charge in [0.1, 0.15) is 0 Å². The van der Waals surface area contributed by atoms with Crippen molar-refractivity contribution in [2.75, 3.05) is 4.90 Å². The molecular formula is C28H25BrN4O2S. The molecule has 5 rings (SSSR count). The molecule has 8 heteroatoms. The lowest BCUT2D eigenvalue weighted by Crippen LogP contribution is -2.29. The van der Waals surface area contributed by atoms with Crippen LogP contribution in [0.4, 0.5) is 5.69 Å². The maximum absolute atomic E-state index is 12.0. The highest BCUT2D eigenvalue weighted by Gasteiger charge is 2.42. The normalized spacial score (nSPS) is 17.3. The molecule has 182 valence electrons. The molecule has 0 bridgehead atoms. The van der Waals surface area contributed by atoms with E-state index in [2.05, 4.69) is 56.3 Å². The Bertz CT molecular complexity index is 1480. The van der Waals surface area contributed by atoms with Crippen LogP contribution in [0.1, 0.15) is 50.7 Å². The number of halogens is 1. The first-order valence-corrected chi connectivity index (χ1v) is 12.8. The molecule has 1 fully saturated rings. The Hall–Kier alpha value is -3.49. The molecule has 0 saturated carbocycles. The fraction of sp³-hybridized carbons (Fsp3) is 0.179. The maximum Gasteiger partial charge on any atom is 0.337 e. The number of hydrogen-bond donors (Lipinski definition) is 2. The molecule has 4 aromatic rings. The number of aromatic nitrogens is 2. The number of nitrogens with zero attached hydrogens (tertiary/aromatic N) is 3. The number of thiocarbonyl (C=S) groups is 1. The van der Waals surface area contributed by atoms with Crippen LogP contribution in [0.5, 0.6) is 0 Å². The lowest BCUT2D eigenvalue weighted by atomic mass is 9.96. The molecule has 0 amide bonds. The SMILES string of the molecule is Cc1cc(N2C(=S)N[C@H](c3ccccn3)[C@@H]2c2cc(C)n(-c3ccccc3C(=O)O)c2C)ccc1Br. The minimum Gasteiger partial charge on any atom is -0.478 e. The molecule has 36 heavy (non-hydrogen) atoms. The maximum atomic E-state index is 12.0. The van der Waals surface area contributed by atoms with Gasteiger partial charge in [0, 0.05) is 27.7 Å². The molecule has 0 radical (unpaired) electrons. The number of rotatable bonds is 5. The fourth-order valence-corrected chi connectivity index (χ4v) is 5.63. The molecule has 2 aromatic heterocycles. The van der Waals surface area contributed by atoms with Crippen LogP contribution >= 0.6 is 28.1 Å². The van der Waals surface area contributed by atoms with Crippen molar-refractivity contribution < 1.29 is 9.90 Å². The molecule has 3 heterocycles. The topological polar surface area (TPSA) is 70.4 Å². The highest BCUT2D eigenvalue weighted by atomic mass is 79.9. The van der Waals surface area contributed by atoms with Crippen LogP contribution in [-0.2, 0) is 0 Å². The minimum atomic E-state index is -0.957. The first-order valence-electron chi connectivity index (χ1n) is 11.6. The molecular weight excluding hydrogens is 536 g/mol. The highest BCUT2D eigenvalue weighted by Crippen LogP contribution is 2.44. The van der Waals surface area contributed by atoms with Gasteiger partial charge in [-0.25, -0.2) is 4.79 Å². The zero-order valence-electron chi connectivity index (χ0n) is 20.1. The van der Waals surface area contributed by atoms with Gasteiger partial charge in [0.05, 0.1) is 29.0 Å². The predicted octanol–water partition coefficient (Wildman–Crippen LogP) is 6.44. The number of carboxylic acid groups (broad SMARTS) is 1. The van der Waals surface area contributed by atoms with Crippen LogP contribution in [0.15, 0.2) is 77.4 Å². The Morgan fingerprint density at radius 1 is 1.06 bits per heavy atom. The van der Waals surface area contributed by atoms with Crippen molar-refractivity contribution in [3.63, 3.8) is 0 Å². The molecule has 2 aromatic carbocycles. The van der Waals surface area contributed by atoms with E-state index in [1.54, 1.807) is 18.3 Å². The van der Waals surface area contributed by atoms with Crippen molar-refractivity contribution in [1.29, 1.82) is 0 Å². The molecule has 0 aliphatic carbocycles. The molecule has 1 aliphatic heterocycles. The average molecular weight is 562 g/mol. The van der Waals surface area contributed by atoms with Crippen molar-refractivity contribution in [2.45, 2.75) is 32.9 Å². The standard InChI is InChI=1S/C28H25BrN4O2S/c1-16-14-19(11-12-22(16)29)33-26(25(31-28(33)36)23-9-6-7-13-30-23)21-15-17(2)32(18(21)3)24-10-5-4-8-20(24)27(34)35/h4-15,25-26H,1-3H3,(H,31,36)(H,34,35)/t25-,26+/m1/s1. The van der Waals surface area contributed by atoms with E-state index in [0.717, 1.165) is 38.4 Å². The highest BCUT2D eigenvalue weighted by molar-refractivity contribution is 9.10. The smallest absolute Gasteiger partial charge is 0.337 e. The van der Waals surface area contributed by atoms with Gasteiger partial charge >= 0.3 is 5.97 Å². The van der Waals surface area contributed by atoms with Gasteiger partial charge in [0.15, 0.2) is 5.11 Å². The Labute approximate surface area is 223 Å². The van der Waals surface area contributed by atoms with E-state index in [1.807, 2.05) is 54.8 Å². The quantitative estimate of drug-likeness (QED) is 0.274. The molecule has 1 saturated heterocycles. The summed E-state index contributed by atoms with van der Waals surface area (Å²) >= 11 is 9.48. The second-order valence-corrected chi connectivity index (χ2v) is 10.2. The monoisotopic (exact) mass is 560 g/mol. The first-order chi connectivity index (χ1) is 17.3. The summed E-state index contributed by atoms with van der Waals surface area (Å²) in [4.78, 5) is 18.8. The summed E-state index contributed by atoms with van der Waals surface area (Å²) < 4.78 is 3.05. The lowest BCUT2D eigenvalue weighted by molar-refractivity contribution is 0.0697. The molecule has 6 nitrogen and oxygen atoms in total. The zero-order valence-corrected chi connectivity index (χ0v) is 22.5. The third kappa shape index (κ3) is 4.10. The predicted molar refractivity (Wildman–Crippen MR) is 149 cm³/mol. The summed E-state index contributed by atoms with van der Waals surface area (Å²) in [5, 5.41) is 14.0. The molecule has 1 aliphatic rings. The largest absolute Gasteiger partial charge is 0.478 e. The van der Waals surface area contributed by atoms with Gasteiger partial charge in [-0.15, -0.1) is 0 Å². The number of aryl methyl sites for hydroxylation is 2. The van der Waals surface area contributed by atoms with Crippen molar-refractivity contribution >= 4 is 44.9 Å². The first kappa shape index (κ1) is 24.2. The van der Waals surface area contributed by atoms with E-state index in [4.69, 9.17) is 12.2 Å². The van der Waals surface area contributed by atoms with Gasteiger partial charge in [-0.3, -0.25) is 4.98 Å². The van der Waals surface area contributed by atoms with E-state index in [0.29, 0.717) is 10.8 Å². The zero-order chi connectivity index (χ0) is 25.6. The van der Waals surface area contributed by atoms with E-state index >= 15 is 0 Å². The number of carbonyl (C=O) groups is 1. The Kier molecular flexibility index (Phi) is 6.40. The average Bonchev–Trinajstić information content (AvgIpc) is 3.36. The third-order valence-electron chi connectivity index (χ3n) is 6.68. The van der Waals surface area contributed by atoms with Gasteiger partial charge in [-0.05, 0) is 92.6 Å². The summed E-state index contributed by atoms with van der Waals surface area (Å²) in [6, 6.07) is 20.9. The van der Waals surface area contributed by atoms with Gasteiger partial charge < -0.3 is 19.9 Å². The van der Waals surface area contributed by atoms with Crippen molar-refractivity contribution in [1.82, 2.24) is 14.9 Å². The van der Waals surface area contributed by atoms with E-state index < -0.39 is 5.97 Å². The van der Waals surface area contributed by atoms with Crippen LogP contribution in [0.3, 0.4) is 0 Å². The van der Waals surface area contributed by atoms with Crippen LogP contribution in [0, 0.1) is 20.8 Å². The van der Waals surface area contributed by atoms with Gasteiger partial charge in [0.2, 0.25) is 0 Å². The number of benzene rings is 2. The van der Waals surface area contributed by atoms with Crippen molar-refractivity contribution in [3.05, 3.63) is 111 Å². The summed E-state index contributed by atoms with van der Waals surface area (Å²) in [5.41, 5.74) is 6.82. The number of anilines is 1. The number of nitrogens with one attached hydrogen (secondary N) is 1. The van der Waals surface area contributed by atoms with Gasteiger partial charge in [-0.1, -0.05) is 34.1 Å². The molecule has 2 atom stereocenters. The van der Waals surface area contributed by atoms with Crippen LogP contribution in [-0.4, -0.2) is 25.7 Å². The second kappa shape index (κ2) is 9.52.